The molecule has 8 nitrogen and oxygen atoms in total. The van der Waals surface area contributed by atoms with Crippen LogP contribution < -0.4 is 10.6 Å². The van der Waals surface area contributed by atoms with Crippen LogP contribution in [0.5, 0.6) is 11.5 Å². The molecule has 150 valence electrons. The largest absolute Gasteiger partial charge is 0.508 e. The third-order valence-electron chi connectivity index (χ3n) is 4.29. The quantitative estimate of drug-likeness (QED) is 0.321. The molecule has 2 rings (SSSR count). The van der Waals surface area contributed by atoms with E-state index < -0.39 is 24.0 Å². The van der Waals surface area contributed by atoms with Crippen LogP contribution in [0.25, 0.3) is 0 Å². The fourth-order valence-electron chi connectivity index (χ4n) is 2.99. The van der Waals surface area contributed by atoms with Gasteiger partial charge in [0.05, 0.1) is 12.8 Å². The van der Waals surface area contributed by atoms with E-state index in [2.05, 4.69) is 10.6 Å². The Bertz CT molecular complexity index is 743. The van der Waals surface area contributed by atoms with E-state index in [4.69, 9.17) is 10.2 Å². The maximum atomic E-state index is 11.1. The molecule has 8 heteroatoms. The molecule has 0 spiro atoms. The first-order valence-corrected chi connectivity index (χ1v) is 8.84. The molecule has 2 aromatic rings. The first-order chi connectivity index (χ1) is 13.4. The van der Waals surface area contributed by atoms with Crippen LogP contribution in [0.15, 0.2) is 48.5 Å². The fourth-order valence-corrected chi connectivity index (χ4v) is 2.99. The lowest BCUT2D eigenvalue weighted by molar-refractivity contribution is -0.138. The summed E-state index contributed by atoms with van der Waals surface area (Å²) < 4.78 is 0. The Morgan fingerprint density at radius 1 is 0.714 bits per heavy atom. The van der Waals surface area contributed by atoms with Crippen LogP contribution in [0.4, 0.5) is 0 Å². The molecule has 6 N–H and O–H groups in total. The summed E-state index contributed by atoms with van der Waals surface area (Å²) in [6.07, 6.45) is -0.425. The van der Waals surface area contributed by atoms with E-state index in [0.29, 0.717) is 24.2 Å². The smallest absolute Gasteiger partial charge is 0.305 e. The molecule has 2 aromatic carbocycles. The normalized spacial score (nSPS) is 13.0. The van der Waals surface area contributed by atoms with Crippen molar-refractivity contribution in [2.24, 2.45) is 0 Å². The van der Waals surface area contributed by atoms with E-state index >= 15 is 0 Å². The van der Waals surface area contributed by atoms with Crippen LogP contribution in [0.1, 0.15) is 36.1 Å². The Labute approximate surface area is 162 Å². The number of hydrogen-bond donors (Lipinski definition) is 6. The first kappa shape index (κ1) is 21.2. The third kappa shape index (κ3) is 6.26. The van der Waals surface area contributed by atoms with Crippen LogP contribution in [0.3, 0.4) is 0 Å². The number of aliphatic carboxylic acids is 2. The Hall–Kier alpha value is -3.10. The summed E-state index contributed by atoms with van der Waals surface area (Å²) in [6, 6.07) is 11.8. The second kappa shape index (κ2) is 10.3. The highest BCUT2D eigenvalue weighted by atomic mass is 16.4. The van der Waals surface area contributed by atoms with Crippen molar-refractivity contribution in [3.05, 3.63) is 59.7 Å². The minimum atomic E-state index is -1.01. The standard InChI is InChI=1S/C20H24N2O6/c23-17-7-3-1-5-13(17)15(11-19(25)26)21-9-10-22-16(12-20(27)28)14-6-2-4-8-18(14)24/h1-8,15-16,21-24H,9-12H2,(H,25,26)(H,27,28). The number of benzene rings is 2. The maximum absolute atomic E-state index is 11.1. The summed E-state index contributed by atoms with van der Waals surface area (Å²) in [5.74, 6) is -2.00. The van der Waals surface area contributed by atoms with Gasteiger partial charge in [-0.2, -0.15) is 0 Å². The monoisotopic (exact) mass is 388 g/mol. The lowest BCUT2D eigenvalue weighted by atomic mass is 10.0. The second-order valence-corrected chi connectivity index (χ2v) is 6.33. The lowest BCUT2D eigenvalue weighted by Gasteiger charge is -2.21. The summed E-state index contributed by atoms with van der Waals surface area (Å²) in [7, 11) is 0. The van der Waals surface area contributed by atoms with Gasteiger partial charge in [-0.3, -0.25) is 9.59 Å². The highest BCUT2D eigenvalue weighted by molar-refractivity contribution is 5.68. The van der Waals surface area contributed by atoms with E-state index in [1.807, 2.05) is 0 Å². The average molecular weight is 388 g/mol. The van der Waals surface area contributed by atoms with Crippen molar-refractivity contribution >= 4 is 11.9 Å². The van der Waals surface area contributed by atoms with Crippen molar-refractivity contribution in [3.8, 4) is 11.5 Å². The molecule has 0 bridgehead atoms. The number of aromatic hydroxyl groups is 2. The SMILES string of the molecule is O=C(O)CC(NCCNC(CC(=O)O)c1ccccc1O)c1ccccc1O. The highest BCUT2D eigenvalue weighted by Gasteiger charge is 2.20. The van der Waals surface area contributed by atoms with Crippen molar-refractivity contribution in [1.29, 1.82) is 0 Å². The summed E-state index contributed by atoms with van der Waals surface area (Å²) >= 11 is 0. The topological polar surface area (TPSA) is 139 Å². The van der Waals surface area contributed by atoms with Gasteiger partial charge in [-0.1, -0.05) is 36.4 Å². The zero-order chi connectivity index (χ0) is 20.5. The highest BCUT2D eigenvalue weighted by Crippen LogP contribution is 2.27. The number of phenolic OH excluding ortho intramolecular Hbond substituents is 2. The predicted molar refractivity (Wildman–Crippen MR) is 102 cm³/mol. The van der Waals surface area contributed by atoms with Gasteiger partial charge in [0.25, 0.3) is 0 Å². The van der Waals surface area contributed by atoms with Gasteiger partial charge in [-0.15, -0.1) is 0 Å². The van der Waals surface area contributed by atoms with Gasteiger partial charge >= 0.3 is 11.9 Å². The molecule has 28 heavy (non-hydrogen) atoms. The molecule has 0 fully saturated rings. The molecule has 0 aliphatic heterocycles. The Kier molecular flexibility index (Phi) is 7.79. The zero-order valence-electron chi connectivity index (χ0n) is 15.2. The number of hydrogen-bond acceptors (Lipinski definition) is 6. The number of carboxylic acids is 2. The van der Waals surface area contributed by atoms with Crippen molar-refractivity contribution in [1.82, 2.24) is 10.6 Å². The summed E-state index contributed by atoms with van der Waals surface area (Å²) in [6.45, 7) is 0.659. The van der Waals surface area contributed by atoms with Crippen molar-refractivity contribution in [2.45, 2.75) is 24.9 Å². The van der Waals surface area contributed by atoms with Gasteiger partial charge < -0.3 is 31.1 Å². The average Bonchev–Trinajstić information content (AvgIpc) is 2.63. The van der Waals surface area contributed by atoms with E-state index in [1.165, 1.54) is 12.1 Å². The Balaban J connectivity index is 2.00. The van der Waals surface area contributed by atoms with Crippen molar-refractivity contribution in [3.63, 3.8) is 0 Å². The summed E-state index contributed by atoms with van der Waals surface area (Å²) in [5, 5.41) is 44.3. The Morgan fingerprint density at radius 2 is 1.07 bits per heavy atom. The summed E-state index contributed by atoms with van der Waals surface area (Å²) in [5.41, 5.74) is 0.959. The second-order valence-electron chi connectivity index (χ2n) is 6.33. The van der Waals surface area contributed by atoms with Gasteiger partial charge in [-0.05, 0) is 12.1 Å². The van der Waals surface area contributed by atoms with Crippen molar-refractivity contribution in [2.75, 3.05) is 13.1 Å². The molecular weight excluding hydrogens is 364 g/mol. The van der Waals surface area contributed by atoms with Crippen LogP contribution in [-0.2, 0) is 9.59 Å². The van der Waals surface area contributed by atoms with Crippen LogP contribution in [0.2, 0.25) is 0 Å². The van der Waals surface area contributed by atoms with Gasteiger partial charge in [0.15, 0.2) is 0 Å². The predicted octanol–water partition coefficient (Wildman–Crippen LogP) is 2.01. The van der Waals surface area contributed by atoms with E-state index in [9.17, 15) is 19.8 Å². The van der Waals surface area contributed by atoms with E-state index in [1.54, 1.807) is 36.4 Å². The molecule has 0 aliphatic rings. The van der Waals surface area contributed by atoms with Crippen molar-refractivity contribution < 1.29 is 30.0 Å². The van der Waals surface area contributed by atoms with Gasteiger partial charge in [0.1, 0.15) is 11.5 Å². The molecular formula is C20H24N2O6. The third-order valence-corrected chi connectivity index (χ3v) is 4.29. The number of carboxylic acid groups (broad SMARTS) is 2. The zero-order valence-corrected chi connectivity index (χ0v) is 15.2. The van der Waals surface area contributed by atoms with Gasteiger partial charge in [0, 0.05) is 36.3 Å². The van der Waals surface area contributed by atoms with E-state index in [-0.39, 0.29) is 24.3 Å². The lowest BCUT2D eigenvalue weighted by Crippen LogP contribution is -2.34. The number of rotatable bonds is 11. The summed E-state index contributed by atoms with van der Waals surface area (Å²) in [4.78, 5) is 22.3. The minimum absolute atomic E-state index is 0.00664. The minimum Gasteiger partial charge on any atom is -0.508 e. The number of para-hydroxylation sites is 2. The molecule has 0 aliphatic carbocycles. The molecule has 0 amide bonds. The number of nitrogens with one attached hydrogen (secondary N) is 2. The molecule has 0 saturated heterocycles. The number of phenols is 2. The van der Waals surface area contributed by atoms with Gasteiger partial charge in [0.2, 0.25) is 0 Å². The molecule has 2 atom stereocenters. The Morgan fingerprint density at radius 3 is 1.39 bits per heavy atom. The first-order valence-electron chi connectivity index (χ1n) is 8.84. The van der Waals surface area contributed by atoms with Crippen LogP contribution >= 0.6 is 0 Å². The number of carbonyl (C=O) groups is 2. The maximum Gasteiger partial charge on any atom is 0.305 e. The molecule has 0 aromatic heterocycles. The van der Waals surface area contributed by atoms with Gasteiger partial charge in [-0.25, -0.2) is 0 Å². The molecule has 0 heterocycles. The molecule has 2 unspecified atom stereocenters. The van der Waals surface area contributed by atoms with Crippen LogP contribution in [0, 0.1) is 0 Å². The van der Waals surface area contributed by atoms with Crippen LogP contribution in [-0.4, -0.2) is 45.5 Å². The fraction of sp³-hybridized carbons (Fsp3) is 0.300. The molecule has 0 radical (unpaired) electrons. The van der Waals surface area contributed by atoms with E-state index in [0.717, 1.165) is 0 Å². The molecule has 0 saturated carbocycles.